The lowest BCUT2D eigenvalue weighted by molar-refractivity contribution is 0.0595. The second-order valence-corrected chi connectivity index (χ2v) is 11.3. The molecule has 0 unspecified atom stereocenters. The molecule has 0 saturated heterocycles. The molecule has 0 radical (unpaired) electrons. The molecule has 0 aromatic carbocycles. The van der Waals surface area contributed by atoms with Gasteiger partial charge < -0.3 is 14.9 Å². The lowest BCUT2D eigenvalue weighted by atomic mass is 10.2. The molecule has 1 heterocycles. The number of ether oxygens (including phenoxy) is 1. The van der Waals surface area contributed by atoms with Crippen LogP contribution in [0.2, 0.25) is 18.1 Å². The van der Waals surface area contributed by atoms with Crippen LogP contribution in [0, 0.1) is 11.8 Å². The Kier molecular flexibility index (Phi) is 5.75. The van der Waals surface area contributed by atoms with Gasteiger partial charge >= 0.3 is 5.97 Å². The topological polar surface area (TPSA) is 74.4 Å². The first-order valence-electron chi connectivity index (χ1n) is 7.05. The minimum atomic E-state index is -1.79. The predicted octanol–water partition coefficient (Wildman–Crippen LogP) is 2.82. The van der Waals surface area contributed by atoms with E-state index in [1.807, 2.05) is 0 Å². The van der Waals surface area contributed by atoms with E-state index in [1.54, 1.807) is 6.07 Å². The fourth-order valence-electron chi connectivity index (χ4n) is 1.39. The summed E-state index contributed by atoms with van der Waals surface area (Å²) in [5.41, 5.74) is 6.77. The molecule has 0 bridgehead atoms. The van der Waals surface area contributed by atoms with Crippen molar-refractivity contribution < 1.29 is 14.0 Å². The molecule has 1 aromatic rings. The summed E-state index contributed by atoms with van der Waals surface area (Å²) < 4.78 is 10.6. The number of carbonyl (C=O) groups excluding carboxylic acids is 1. The van der Waals surface area contributed by atoms with Gasteiger partial charge in [0.1, 0.15) is 0 Å². The number of esters is 1. The maximum absolute atomic E-state index is 11.4. The number of carbonyl (C=O) groups is 1. The Hall–Kier alpha value is -1.84. The highest BCUT2D eigenvalue weighted by Gasteiger charge is 2.36. The SMILES string of the molecule is COC(=O)c1ncc(C#CCO[Si](C)(C)C(C)(C)C)cc1N. The fourth-order valence-corrected chi connectivity index (χ4v) is 2.25. The summed E-state index contributed by atoms with van der Waals surface area (Å²) in [7, 11) is -0.500. The largest absolute Gasteiger partial charge is 0.464 e. The van der Waals surface area contributed by atoms with E-state index in [0.29, 0.717) is 12.2 Å². The molecular weight excluding hydrogens is 296 g/mol. The average Bonchev–Trinajstić information content (AvgIpc) is 2.41. The van der Waals surface area contributed by atoms with Crippen molar-refractivity contribution in [1.82, 2.24) is 4.98 Å². The molecule has 0 atom stereocenters. The van der Waals surface area contributed by atoms with Crippen molar-refractivity contribution in [3.63, 3.8) is 0 Å². The maximum atomic E-state index is 11.4. The number of methoxy groups -OCH3 is 1. The number of aromatic nitrogens is 1. The summed E-state index contributed by atoms with van der Waals surface area (Å²) in [4.78, 5) is 15.4. The zero-order valence-corrected chi connectivity index (χ0v) is 15.1. The van der Waals surface area contributed by atoms with Crippen LogP contribution in [0.25, 0.3) is 0 Å². The predicted molar refractivity (Wildman–Crippen MR) is 90.0 cm³/mol. The highest BCUT2D eigenvalue weighted by atomic mass is 28.4. The Bertz CT molecular complexity index is 610. The minimum absolute atomic E-state index is 0.102. The van der Waals surface area contributed by atoms with Gasteiger partial charge in [0.2, 0.25) is 0 Å². The fraction of sp³-hybridized carbons (Fsp3) is 0.500. The van der Waals surface area contributed by atoms with Gasteiger partial charge in [0.25, 0.3) is 0 Å². The van der Waals surface area contributed by atoms with E-state index in [1.165, 1.54) is 13.3 Å². The average molecular weight is 320 g/mol. The molecule has 0 saturated carbocycles. The van der Waals surface area contributed by atoms with Gasteiger partial charge in [0.15, 0.2) is 14.0 Å². The van der Waals surface area contributed by atoms with Crippen LogP contribution in [0.5, 0.6) is 0 Å². The van der Waals surface area contributed by atoms with Crippen LogP contribution in [-0.2, 0) is 9.16 Å². The summed E-state index contributed by atoms with van der Waals surface area (Å²) >= 11 is 0. The molecule has 0 fully saturated rings. The molecule has 6 heteroatoms. The number of nitrogen functional groups attached to an aromatic ring is 1. The number of nitrogens with two attached hydrogens (primary N) is 1. The first-order chi connectivity index (χ1) is 10.1. The second-order valence-electron chi connectivity index (χ2n) is 6.50. The summed E-state index contributed by atoms with van der Waals surface area (Å²) in [6.45, 7) is 11.3. The monoisotopic (exact) mass is 320 g/mol. The molecule has 0 spiro atoms. The molecule has 0 amide bonds. The minimum Gasteiger partial charge on any atom is -0.464 e. The first kappa shape index (κ1) is 18.2. The molecular formula is C16H24N2O3Si. The van der Waals surface area contributed by atoms with E-state index in [4.69, 9.17) is 10.2 Å². The quantitative estimate of drug-likeness (QED) is 0.526. The lowest BCUT2D eigenvalue weighted by Gasteiger charge is -2.35. The standard InChI is InChI=1S/C16H24N2O3Si/c1-16(2,3)22(5,6)21-9-7-8-12-10-13(17)14(18-11-12)15(19)20-4/h10-11H,9,17H2,1-6H3. The second kappa shape index (κ2) is 6.94. The van der Waals surface area contributed by atoms with Gasteiger partial charge in [-0.2, -0.15) is 0 Å². The van der Waals surface area contributed by atoms with E-state index < -0.39 is 14.3 Å². The normalized spacial score (nSPS) is 11.5. The number of rotatable bonds is 3. The molecule has 1 rings (SSSR count). The summed E-state index contributed by atoms with van der Waals surface area (Å²) in [5, 5.41) is 0.156. The number of anilines is 1. The highest BCUT2D eigenvalue weighted by Crippen LogP contribution is 2.36. The van der Waals surface area contributed by atoms with Gasteiger partial charge in [-0.1, -0.05) is 32.6 Å². The molecule has 0 aliphatic carbocycles. The Morgan fingerprint density at radius 2 is 2.05 bits per heavy atom. The Labute approximate surface area is 133 Å². The van der Waals surface area contributed by atoms with Crippen molar-refractivity contribution in [2.24, 2.45) is 0 Å². The third-order valence-corrected chi connectivity index (χ3v) is 8.32. The summed E-state index contributed by atoms with van der Waals surface area (Å²) in [6.07, 6.45) is 1.50. The summed E-state index contributed by atoms with van der Waals surface area (Å²) in [5.74, 6) is 5.36. The van der Waals surface area contributed by atoms with E-state index in [-0.39, 0.29) is 16.4 Å². The molecule has 2 N–H and O–H groups in total. The molecule has 22 heavy (non-hydrogen) atoms. The van der Waals surface area contributed by atoms with Gasteiger partial charge in [-0.05, 0) is 24.2 Å². The van der Waals surface area contributed by atoms with Crippen molar-refractivity contribution in [1.29, 1.82) is 0 Å². The highest BCUT2D eigenvalue weighted by molar-refractivity contribution is 6.74. The van der Waals surface area contributed by atoms with Crippen LogP contribution >= 0.6 is 0 Å². The number of pyridine rings is 1. The molecule has 120 valence electrons. The Morgan fingerprint density at radius 1 is 1.41 bits per heavy atom. The summed E-state index contributed by atoms with van der Waals surface area (Å²) in [6, 6.07) is 1.61. The molecule has 5 nitrogen and oxygen atoms in total. The molecule has 1 aromatic heterocycles. The van der Waals surface area contributed by atoms with Crippen molar-refractivity contribution in [3.05, 3.63) is 23.5 Å². The maximum Gasteiger partial charge on any atom is 0.358 e. The van der Waals surface area contributed by atoms with Gasteiger partial charge in [-0.3, -0.25) is 0 Å². The zero-order valence-electron chi connectivity index (χ0n) is 14.1. The van der Waals surface area contributed by atoms with Crippen LogP contribution in [0.3, 0.4) is 0 Å². The lowest BCUT2D eigenvalue weighted by Crippen LogP contribution is -2.40. The van der Waals surface area contributed by atoms with Crippen molar-refractivity contribution in [2.45, 2.75) is 38.9 Å². The van der Waals surface area contributed by atoms with E-state index in [2.05, 4.69) is 55.4 Å². The smallest absolute Gasteiger partial charge is 0.358 e. The number of hydrogen-bond donors (Lipinski definition) is 1. The molecule has 0 aliphatic heterocycles. The van der Waals surface area contributed by atoms with E-state index in [0.717, 1.165) is 0 Å². The van der Waals surface area contributed by atoms with Gasteiger partial charge in [-0.25, -0.2) is 9.78 Å². The third kappa shape index (κ3) is 4.58. The van der Waals surface area contributed by atoms with Crippen LogP contribution < -0.4 is 5.73 Å². The van der Waals surface area contributed by atoms with E-state index >= 15 is 0 Å². The Balaban J connectivity index is 2.74. The number of nitrogens with zero attached hydrogens (tertiary/aromatic N) is 1. The van der Waals surface area contributed by atoms with Crippen molar-refractivity contribution in [3.8, 4) is 11.8 Å². The van der Waals surface area contributed by atoms with Crippen molar-refractivity contribution in [2.75, 3.05) is 19.5 Å². The van der Waals surface area contributed by atoms with Gasteiger partial charge in [-0.15, -0.1) is 0 Å². The van der Waals surface area contributed by atoms with Crippen LogP contribution in [-0.4, -0.2) is 33.0 Å². The first-order valence-corrected chi connectivity index (χ1v) is 9.96. The van der Waals surface area contributed by atoms with Gasteiger partial charge in [0.05, 0.1) is 19.4 Å². The van der Waals surface area contributed by atoms with Crippen molar-refractivity contribution >= 4 is 20.0 Å². The van der Waals surface area contributed by atoms with Crippen LogP contribution in [0.1, 0.15) is 36.8 Å². The number of hydrogen-bond acceptors (Lipinski definition) is 5. The van der Waals surface area contributed by atoms with Crippen LogP contribution in [0.4, 0.5) is 5.69 Å². The van der Waals surface area contributed by atoms with Gasteiger partial charge in [0, 0.05) is 11.8 Å². The zero-order chi connectivity index (χ0) is 17.0. The van der Waals surface area contributed by atoms with E-state index in [9.17, 15) is 4.79 Å². The third-order valence-electron chi connectivity index (χ3n) is 3.84. The van der Waals surface area contributed by atoms with Crippen LogP contribution in [0.15, 0.2) is 12.3 Å². The molecule has 0 aliphatic rings. The Morgan fingerprint density at radius 3 is 2.55 bits per heavy atom.